The lowest BCUT2D eigenvalue weighted by Crippen LogP contribution is -2.49. The number of rotatable bonds is 4. The summed E-state index contributed by atoms with van der Waals surface area (Å²) >= 11 is 0. The van der Waals surface area contributed by atoms with Gasteiger partial charge in [0.2, 0.25) is 16.0 Å². The summed E-state index contributed by atoms with van der Waals surface area (Å²) in [7, 11) is 0.396. The van der Waals surface area contributed by atoms with Gasteiger partial charge in [0.15, 0.2) is 0 Å². The summed E-state index contributed by atoms with van der Waals surface area (Å²) in [5.74, 6) is 1.51. The van der Waals surface area contributed by atoms with Crippen molar-refractivity contribution in [3.63, 3.8) is 0 Å². The van der Waals surface area contributed by atoms with E-state index in [0.29, 0.717) is 37.0 Å². The van der Waals surface area contributed by atoms with E-state index in [1.165, 1.54) is 0 Å². The summed E-state index contributed by atoms with van der Waals surface area (Å²) in [5, 5.41) is 0. The predicted molar refractivity (Wildman–Crippen MR) is 108 cm³/mol. The second kappa shape index (κ2) is 7.44. The van der Waals surface area contributed by atoms with Crippen molar-refractivity contribution in [2.45, 2.75) is 25.7 Å². The van der Waals surface area contributed by atoms with Gasteiger partial charge < -0.3 is 9.80 Å². The Morgan fingerprint density at radius 1 is 0.963 bits per heavy atom. The minimum atomic E-state index is -3.49. The van der Waals surface area contributed by atoms with Crippen LogP contribution in [0.4, 0.5) is 11.8 Å². The molecule has 146 valence electrons. The number of aryl methyl sites for hydroxylation is 3. The second-order valence-corrected chi connectivity index (χ2v) is 9.13. The highest BCUT2D eigenvalue weighted by Gasteiger charge is 2.30. The van der Waals surface area contributed by atoms with Crippen molar-refractivity contribution >= 4 is 21.8 Å². The van der Waals surface area contributed by atoms with E-state index in [4.69, 9.17) is 0 Å². The fraction of sp³-hybridized carbons (Fsp3) is 0.474. The smallest absolute Gasteiger partial charge is 0.243 e. The molecule has 0 radical (unpaired) electrons. The molecule has 1 aromatic heterocycles. The van der Waals surface area contributed by atoms with Gasteiger partial charge in [0.25, 0.3) is 0 Å². The van der Waals surface area contributed by atoms with Crippen molar-refractivity contribution in [1.29, 1.82) is 0 Å². The number of sulfonamides is 1. The first kappa shape index (κ1) is 19.6. The Bertz CT molecular complexity index is 935. The van der Waals surface area contributed by atoms with E-state index in [1.807, 2.05) is 58.0 Å². The Morgan fingerprint density at radius 3 is 2.26 bits per heavy atom. The third-order valence-corrected chi connectivity index (χ3v) is 6.81. The number of hydrogen-bond acceptors (Lipinski definition) is 6. The Labute approximate surface area is 161 Å². The van der Waals surface area contributed by atoms with Gasteiger partial charge in [-0.1, -0.05) is 12.1 Å². The topological polar surface area (TPSA) is 69.6 Å². The maximum absolute atomic E-state index is 13.1. The van der Waals surface area contributed by atoms with Crippen LogP contribution in [0.5, 0.6) is 0 Å². The molecule has 0 spiro atoms. The third kappa shape index (κ3) is 4.06. The first-order valence-corrected chi connectivity index (χ1v) is 10.5. The van der Waals surface area contributed by atoms with Crippen molar-refractivity contribution in [2.24, 2.45) is 0 Å². The zero-order valence-corrected chi connectivity index (χ0v) is 17.4. The Balaban J connectivity index is 1.78. The van der Waals surface area contributed by atoms with Crippen molar-refractivity contribution < 1.29 is 8.42 Å². The lowest BCUT2D eigenvalue weighted by molar-refractivity contribution is 0.382. The molecule has 3 rings (SSSR count). The fourth-order valence-electron chi connectivity index (χ4n) is 3.16. The quantitative estimate of drug-likeness (QED) is 0.796. The van der Waals surface area contributed by atoms with Crippen LogP contribution in [0.25, 0.3) is 0 Å². The first-order chi connectivity index (χ1) is 12.7. The van der Waals surface area contributed by atoms with Crippen molar-refractivity contribution in [1.82, 2.24) is 14.3 Å². The van der Waals surface area contributed by atoms with E-state index in [0.717, 1.165) is 22.6 Å². The second-order valence-electron chi connectivity index (χ2n) is 7.22. The number of aromatic nitrogens is 2. The molecule has 1 aliphatic heterocycles. The normalized spacial score (nSPS) is 15.8. The molecule has 0 N–H and O–H groups in total. The van der Waals surface area contributed by atoms with Crippen molar-refractivity contribution in [2.75, 3.05) is 50.1 Å². The van der Waals surface area contributed by atoms with Crippen LogP contribution in [-0.4, -0.2) is 63.0 Å². The monoisotopic (exact) mass is 389 g/mol. The molecule has 0 atom stereocenters. The Hall–Kier alpha value is -2.19. The van der Waals surface area contributed by atoms with Gasteiger partial charge in [0, 0.05) is 52.0 Å². The molecule has 1 aliphatic rings. The number of nitrogens with zero attached hydrogens (tertiary/aromatic N) is 5. The molecule has 1 saturated heterocycles. The Kier molecular flexibility index (Phi) is 5.39. The summed E-state index contributed by atoms with van der Waals surface area (Å²) < 4.78 is 27.7. The van der Waals surface area contributed by atoms with Crippen LogP contribution in [0.2, 0.25) is 0 Å². The van der Waals surface area contributed by atoms with Gasteiger partial charge >= 0.3 is 0 Å². The van der Waals surface area contributed by atoms with E-state index < -0.39 is 10.0 Å². The molecule has 2 aromatic rings. The van der Waals surface area contributed by atoms with Gasteiger partial charge in [-0.15, -0.1) is 0 Å². The standard InChI is InChI=1S/C19H27N5O2S/c1-14-6-7-15(2)17(12-14)27(25,26)24-10-8-23(9-11-24)19-20-16(3)13-18(21-19)22(4)5/h6-7,12-13H,8-11H2,1-5H3. The Morgan fingerprint density at radius 2 is 1.63 bits per heavy atom. The molecule has 0 bridgehead atoms. The van der Waals surface area contributed by atoms with Crippen LogP contribution >= 0.6 is 0 Å². The molecule has 27 heavy (non-hydrogen) atoms. The van der Waals surface area contributed by atoms with Crippen molar-refractivity contribution in [3.05, 3.63) is 41.1 Å². The van der Waals surface area contributed by atoms with Crippen LogP contribution in [0.1, 0.15) is 16.8 Å². The van der Waals surface area contributed by atoms with Gasteiger partial charge in [-0.25, -0.2) is 13.4 Å². The highest BCUT2D eigenvalue weighted by Crippen LogP contribution is 2.24. The predicted octanol–water partition coefficient (Wildman–Crippen LogP) is 1.98. The summed E-state index contributed by atoms with van der Waals surface area (Å²) in [5.41, 5.74) is 2.62. The maximum atomic E-state index is 13.1. The summed E-state index contributed by atoms with van der Waals surface area (Å²) in [4.78, 5) is 13.5. The minimum Gasteiger partial charge on any atom is -0.363 e. The largest absolute Gasteiger partial charge is 0.363 e. The molecule has 0 aliphatic carbocycles. The molecule has 2 heterocycles. The van der Waals surface area contributed by atoms with Gasteiger partial charge in [0.1, 0.15) is 5.82 Å². The van der Waals surface area contributed by atoms with Crippen LogP contribution in [0.3, 0.4) is 0 Å². The zero-order valence-electron chi connectivity index (χ0n) is 16.6. The molecule has 7 nitrogen and oxygen atoms in total. The number of piperazine rings is 1. The summed E-state index contributed by atoms with van der Waals surface area (Å²) in [6, 6.07) is 7.49. The highest BCUT2D eigenvalue weighted by molar-refractivity contribution is 7.89. The van der Waals surface area contributed by atoms with E-state index in [9.17, 15) is 8.42 Å². The first-order valence-electron chi connectivity index (χ1n) is 9.04. The van der Waals surface area contributed by atoms with Crippen LogP contribution < -0.4 is 9.80 Å². The van der Waals surface area contributed by atoms with Gasteiger partial charge in [-0.3, -0.25) is 0 Å². The average Bonchev–Trinajstić information content (AvgIpc) is 2.63. The molecular weight excluding hydrogens is 362 g/mol. The number of benzene rings is 1. The van der Waals surface area contributed by atoms with Crippen LogP contribution in [-0.2, 0) is 10.0 Å². The lowest BCUT2D eigenvalue weighted by Gasteiger charge is -2.34. The van der Waals surface area contributed by atoms with E-state index in [2.05, 4.69) is 14.9 Å². The van der Waals surface area contributed by atoms with Gasteiger partial charge in [-0.2, -0.15) is 9.29 Å². The molecule has 0 unspecified atom stereocenters. The van der Waals surface area contributed by atoms with Crippen LogP contribution in [0, 0.1) is 20.8 Å². The van der Waals surface area contributed by atoms with E-state index in [-0.39, 0.29) is 0 Å². The molecule has 8 heteroatoms. The molecule has 0 saturated carbocycles. The number of anilines is 2. The van der Waals surface area contributed by atoms with E-state index >= 15 is 0 Å². The summed E-state index contributed by atoms with van der Waals surface area (Å²) in [6.45, 7) is 7.68. The molecule has 0 amide bonds. The fourth-order valence-corrected chi connectivity index (χ4v) is 4.89. The van der Waals surface area contributed by atoms with Crippen molar-refractivity contribution in [3.8, 4) is 0 Å². The van der Waals surface area contributed by atoms with Gasteiger partial charge in [0.05, 0.1) is 4.90 Å². The van der Waals surface area contributed by atoms with Gasteiger partial charge in [-0.05, 0) is 38.0 Å². The lowest BCUT2D eigenvalue weighted by atomic mass is 10.2. The average molecular weight is 390 g/mol. The third-order valence-electron chi connectivity index (χ3n) is 4.77. The van der Waals surface area contributed by atoms with Crippen LogP contribution in [0.15, 0.2) is 29.2 Å². The maximum Gasteiger partial charge on any atom is 0.243 e. The molecule has 1 aromatic carbocycles. The molecular formula is C19H27N5O2S. The highest BCUT2D eigenvalue weighted by atomic mass is 32.2. The minimum absolute atomic E-state index is 0.401. The zero-order chi connectivity index (χ0) is 19.8. The van der Waals surface area contributed by atoms with E-state index in [1.54, 1.807) is 10.4 Å². The molecule has 1 fully saturated rings. The SMILES string of the molecule is Cc1ccc(C)c(S(=O)(=O)N2CCN(c3nc(C)cc(N(C)C)n3)CC2)c1. The summed E-state index contributed by atoms with van der Waals surface area (Å²) in [6.07, 6.45) is 0. The number of hydrogen-bond donors (Lipinski definition) is 0.